The Kier molecular flexibility index (Phi) is 8.10. The molecule has 22 heavy (non-hydrogen) atoms. The third-order valence-corrected chi connectivity index (χ3v) is 4.99. The van der Waals surface area contributed by atoms with Gasteiger partial charge in [-0.15, -0.1) is 23.7 Å². The van der Waals surface area contributed by atoms with Gasteiger partial charge in [-0.05, 0) is 40.9 Å². The topological polar surface area (TPSA) is 46.3 Å². The van der Waals surface area contributed by atoms with E-state index in [1.165, 1.54) is 5.56 Å². The number of hydrogen-bond acceptors (Lipinski definition) is 3. The van der Waals surface area contributed by atoms with Crippen LogP contribution >= 0.6 is 39.7 Å². The molecular formula is C16H20BrClN2OS. The molecule has 0 radical (unpaired) electrons. The lowest BCUT2D eigenvalue weighted by molar-refractivity contribution is 0.0762. The van der Waals surface area contributed by atoms with Crippen LogP contribution in [0.2, 0.25) is 0 Å². The SMILES string of the molecule is Cc1cc(C(=O)N(CCN)CCc2ccccc2)c(Br)s1.Cl. The number of aryl methyl sites for hydroxylation is 1. The fourth-order valence-electron chi connectivity index (χ4n) is 2.18. The normalized spacial score (nSPS) is 10.1. The highest BCUT2D eigenvalue weighted by Gasteiger charge is 2.19. The first-order valence-electron chi connectivity index (χ1n) is 6.91. The number of thiophene rings is 1. The summed E-state index contributed by atoms with van der Waals surface area (Å²) in [4.78, 5) is 15.6. The van der Waals surface area contributed by atoms with Gasteiger partial charge in [0.25, 0.3) is 5.91 Å². The van der Waals surface area contributed by atoms with E-state index in [0.717, 1.165) is 20.6 Å². The van der Waals surface area contributed by atoms with Crippen LogP contribution in [0, 0.1) is 6.92 Å². The van der Waals surface area contributed by atoms with Crippen molar-refractivity contribution in [1.29, 1.82) is 0 Å². The van der Waals surface area contributed by atoms with E-state index >= 15 is 0 Å². The van der Waals surface area contributed by atoms with Gasteiger partial charge >= 0.3 is 0 Å². The maximum absolute atomic E-state index is 12.6. The van der Waals surface area contributed by atoms with Crippen LogP contribution in [-0.2, 0) is 6.42 Å². The molecule has 1 aromatic carbocycles. The highest BCUT2D eigenvalue weighted by atomic mass is 79.9. The summed E-state index contributed by atoms with van der Waals surface area (Å²) in [6, 6.07) is 12.1. The predicted molar refractivity (Wildman–Crippen MR) is 99.1 cm³/mol. The van der Waals surface area contributed by atoms with Crippen molar-refractivity contribution in [2.45, 2.75) is 13.3 Å². The average Bonchev–Trinajstić information content (AvgIpc) is 2.82. The molecule has 0 aliphatic heterocycles. The molecule has 3 nitrogen and oxygen atoms in total. The van der Waals surface area contributed by atoms with Crippen LogP contribution in [0.4, 0.5) is 0 Å². The van der Waals surface area contributed by atoms with E-state index in [0.29, 0.717) is 19.6 Å². The summed E-state index contributed by atoms with van der Waals surface area (Å²) in [5.41, 5.74) is 7.62. The van der Waals surface area contributed by atoms with Gasteiger partial charge < -0.3 is 10.6 Å². The minimum absolute atomic E-state index is 0. The van der Waals surface area contributed by atoms with Gasteiger partial charge in [0.1, 0.15) is 0 Å². The molecule has 2 aromatic rings. The van der Waals surface area contributed by atoms with Crippen molar-refractivity contribution in [2.24, 2.45) is 5.73 Å². The van der Waals surface area contributed by atoms with Crippen molar-refractivity contribution >= 4 is 45.6 Å². The van der Waals surface area contributed by atoms with E-state index in [1.807, 2.05) is 36.1 Å². The number of rotatable bonds is 6. The molecule has 1 amide bonds. The molecule has 120 valence electrons. The summed E-state index contributed by atoms with van der Waals surface area (Å²) in [5, 5.41) is 0. The van der Waals surface area contributed by atoms with Crippen molar-refractivity contribution in [1.82, 2.24) is 4.90 Å². The summed E-state index contributed by atoms with van der Waals surface area (Å²) in [6.45, 7) is 3.74. The Labute approximate surface area is 150 Å². The summed E-state index contributed by atoms with van der Waals surface area (Å²) < 4.78 is 0.895. The molecule has 6 heteroatoms. The molecule has 0 aliphatic rings. The van der Waals surface area contributed by atoms with Crippen LogP contribution < -0.4 is 5.73 Å². The first-order chi connectivity index (χ1) is 10.1. The van der Waals surface area contributed by atoms with E-state index in [4.69, 9.17) is 5.73 Å². The number of amides is 1. The molecule has 0 spiro atoms. The Bertz CT molecular complexity index is 603. The number of nitrogens with zero attached hydrogens (tertiary/aromatic N) is 1. The molecule has 2 N–H and O–H groups in total. The van der Waals surface area contributed by atoms with Crippen LogP contribution in [0.15, 0.2) is 40.2 Å². The van der Waals surface area contributed by atoms with Gasteiger partial charge in [0.2, 0.25) is 0 Å². The minimum atomic E-state index is 0. The zero-order valence-corrected chi connectivity index (χ0v) is 15.6. The molecular weight excluding hydrogens is 384 g/mol. The molecule has 0 aliphatic carbocycles. The zero-order chi connectivity index (χ0) is 15.2. The molecule has 0 atom stereocenters. The molecule has 0 bridgehead atoms. The smallest absolute Gasteiger partial charge is 0.255 e. The van der Waals surface area contributed by atoms with Crippen LogP contribution in [0.1, 0.15) is 20.8 Å². The standard InChI is InChI=1S/C16H19BrN2OS.ClH/c1-12-11-14(15(17)21-12)16(20)19(10-8-18)9-7-13-5-3-2-4-6-13;/h2-6,11H,7-10,18H2,1H3;1H. The van der Waals surface area contributed by atoms with Crippen molar-refractivity contribution in [2.75, 3.05) is 19.6 Å². The quantitative estimate of drug-likeness (QED) is 0.795. The zero-order valence-electron chi connectivity index (χ0n) is 12.4. The second-order valence-corrected chi connectivity index (χ2v) is 7.44. The van der Waals surface area contributed by atoms with Gasteiger partial charge in [-0.1, -0.05) is 30.3 Å². The summed E-state index contributed by atoms with van der Waals surface area (Å²) in [7, 11) is 0. The van der Waals surface area contributed by atoms with Crippen LogP contribution in [-0.4, -0.2) is 30.4 Å². The molecule has 1 aromatic heterocycles. The maximum Gasteiger partial charge on any atom is 0.255 e. The number of hydrogen-bond donors (Lipinski definition) is 1. The Morgan fingerprint density at radius 2 is 1.95 bits per heavy atom. The monoisotopic (exact) mass is 402 g/mol. The van der Waals surface area contributed by atoms with Crippen LogP contribution in [0.3, 0.4) is 0 Å². The van der Waals surface area contributed by atoms with E-state index in [2.05, 4.69) is 28.1 Å². The van der Waals surface area contributed by atoms with Crippen molar-refractivity contribution in [3.05, 3.63) is 56.2 Å². The van der Waals surface area contributed by atoms with Crippen LogP contribution in [0.25, 0.3) is 0 Å². The third-order valence-electron chi connectivity index (χ3n) is 3.24. The minimum Gasteiger partial charge on any atom is -0.337 e. The number of benzene rings is 1. The number of nitrogens with two attached hydrogens (primary N) is 1. The first kappa shape index (κ1) is 19.2. The van der Waals surface area contributed by atoms with Gasteiger partial charge in [0, 0.05) is 24.5 Å². The second-order valence-electron chi connectivity index (χ2n) is 4.86. The summed E-state index contributed by atoms with van der Waals surface area (Å²) in [5.74, 6) is 0.0487. The summed E-state index contributed by atoms with van der Waals surface area (Å²) in [6.07, 6.45) is 0.841. The predicted octanol–water partition coefficient (Wildman–Crippen LogP) is 3.88. The average molecular weight is 404 g/mol. The molecule has 1 heterocycles. The van der Waals surface area contributed by atoms with Gasteiger partial charge in [-0.25, -0.2) is 0 Å². The highest BCUT2D eigenvalue weighted by molar-refractivity contribution is 9.11. The van der Waals surface area contributed by atoms with Gasteiger partial charge in [-0.2, -0.15) is 0 Å². The molecule has 0 unspecified atom stereocenters. The van der Waals surface area contributed by atoms with Crippen molar-refractivity contribution in [3.8, 4) is 0 Å². The number of halogens is 2. The van der Waals surface area contributed by atoms with Gasteiger partial charge in [0.15, 0.2) is 0 Å². The highest BCUT2D eigenvalue weighted by Crippen LogP contribution is 2.28. The third kappa shape index (κ3) is 5.09. The van der Waals surface area contributed by atoms with E-state index in [1.54, 1.807) is 11.3 Å². The first-order valence-corrected chi connectivity index (χ1v) is 8.52. The fraction of sp³-hybridized carbons (Fsp3) is 0.312. The lowest BCUT2D eigenvalue weighted by Crippen LogP contribution is -2.36. The Hall–Kier alpha value is -0.880. The van der Waals surface area contributed by atoms with E-state index in [-0.39, 0.29) is 18.3 Å². The van der Waals surface area contributed by atoms with Gasteiger partial charge in [-0.3, -0.25) is 4.79 Å². The second kappa shape index (κ2) is 9.30. The van der Waals surface area contributed by atoms with Crippen molar-refractivity contribution < 1.29 is 4.79 Å². The van der Waals surface area contributed by atoms with E-state index < -0.39 is 0 Å². The molecule has 0 saturated carbocycles. The molecule has 2 rings (SSSR count). The Balaban J connectivity index is 0.00000242. The van der Waals surface area contributed by atoms with E-state index in [9.17, 15) is 4.79 Å². The number of carbonyl (C=O) groups excluding carboxylic acids is 1. The maximum atomic E-state index is 12.6. The Morgan fingerprint density at radius 1 is 1.27 bits per heavy atom. The van der Waals surface area contributed by atoms with Crippen molar-refractivity contribution in [3.63, 3.8) is 0 Å². The van der Waals surface area contributed by atoms with Crippen LogP contribution in [0.5, 0.6) is 0 Å². The lowest BCUT2D eigenvalue weighted by Gasteiger charge is -2.22. The largest absolute Gasteiger partial charge is 0.337 e. The molecule has 0 fully saturated rings. The van der Waals surface area contributed by atoms with Gasteiger partial charge in [0.05, 0.1) is 9.35 Å². The molecule has 0 saturated heterocycles. The number of carbonyl (C=O) groups is 1. The Morgan fingerprint density at radius 3 is 2.50 bits per heavy atom. The lowest BCUT2D eigenvalue weighted by atomic mass is 10.1. The summed E-state index contributed by atoms with van der Waals surface area (Å²) >= 11 is 5.06. The fourth-order valence-corrected chi connectivity index (χ4v) is 3.95.